The van der Waals surface area contributed by atoms with Gasteiger partial charge in [-0.2, -0.15) is 0 Å². The third-order valence-corrected chi connectivity index (χ3v) is 4.73. The molecule has 0 spiro atoms. The fraction of sp³-hybridized carbons (Fsp3) is 0.300. The number of aromatic hydroxyl groups is 1. The predicted octanol–water partition coefficient (Wildman–Crippen LogP) is 3.76. The lowest BCUT2D eigenvalue weighted by Gasteiger charge is -2.18. The van der Waals surface area contributed by atoms with E-state index in [1.807, 2.05) is 35.2 Å². The standard InChI is InChI=1S/C19H20ClNO2.CH2O2/c1-13-3-2-4-17(18(13)22)19(23)21-10-9-15(12-21)11-14-5-7-16(20)8-6-14;2-1-3/h2-8,15,22H,9-12H2,1H3;1H,(H,2,3). The van der Waals surface area contributed by atoms with Crippen LogP contribution in [0.25, 0.3) is 0 Å². The van der Waals surface area contributed by atoms with Crippen molar-refractivity contribution in [2.75, 3.05) is 13.1 Å². The van der Waals surface area contributed by atoms with Crippen molar-refractivity contribution >= 4 is 24.0 Å². The first-order valence-electron chi connectivity index (χ1n) is 8.36. The summed E-state index contributed by atoms with van der Waals surface area (Å²) in [6.45, 7) is 3.03. The van der Waals surface area contributed by atoms with E-state index in [-0.39, 0.29) is 18.1 Å². The number of amides is 1. The van der Waals surface area contributed by atoms with E-state index in [0.717, 1.165) is 36.5 Å². The van der Waals surface area contributed by atoms with Gasteiger partial charge < -0.3 is 15.1 Å². The van der Waals surface area contributed by atoms with Crippen LogP contribution in [0.2, 0.25) is 5.02 Å². The topological polar surface area (TPSA) is 77.8 Å². The van der Waals surface area contributed by atoms with Gasteiger partial charge in [-0.15, -0.1) is 0 Å². The summed E-state index contributed by atoms with van der Waals surface area (Å²) in [6.07, 6.45) is 1.93. The largest absolute Gasteiger partial charge is 0.507 e. The van der Waals surface area contributed by atoms with Crippen molar-refractivity contribution in [3.8, 4) is 5.75 Å². The van der Waals surface area contributed by atoms with Gasteiger partial charge >= 0.3 is 0 Å². The summed E-state index contributed by atoms with van der Waals surface area (Å²) < 4.78 is 0. The Morgan fingerprint density at radius 2 is 1.92 bits per heavy atom. The maximum Gasteiger partial charge on any atom is 0.290 e. The summed E-state index contributed by atoms with van der Waals surface area (Å²) >= 11 is 5.91. The second-order valence-corrected chi connectivity index (χ2v) is 6.75. The molecular formula is C20H22ClNO4. The van der Waals surface area contributed by atoms with Crippen LogP contribution in [0.4, 0.5) is 0 Å². The number of para-hydroxylation sites is 1. The SMILES string of the molecule is Cc1cccc(C(=O)N2CCC(Cc3ccc(Cl)cc3)C2)c1O.O=CO. The molecule has 0 radical (unpaired) electrons. The van der Waals surface area contributed by atoms with E-state index in [1.54, 1.807) is 19.1 Å². The molecule has 1 aliphatic rings. The molecule has 0 bridgehead atoms. The Kier molecular flexibility index (Phi) is 7.04. The van der Waals surface area contributed by atoms with Crippen LogP contribution >= 0.6 is 11.6 Å². The third-order valence-electron chi connectivity index (χ3n) is 4.48. The molecule has 1 unspecified atom stereocenters. The van der Waals surface area contributed by atoms with Crippen molar-refractivity contribution in [3.05, 3.63) is 64.2 Å². The zero-order valence-electron chi connectivity index (χ0n) is 14.6. The zero-order valence-corrected chi connectivity index (χ0v) is 15.3. The second-order valence-electron chi connectivity index (χ2n) is 6.31. The van der Waals surface area contributed by atoms with Crippen LogP contribution in [0, 0.1) is 12.8 Å². The summed E-state index contributed by atoms with van der Waals surface area (Å²) in [6, 6.07) is 13.2. The summed E-state index contributed by atoms with van der Waals surface area (Å²) in [7, 11) is 0. The molecule has 6 heteroatoms. The number of carbonyl (C=O) groups is 2. The number of nitrogens with zero attached hydrogens (tertiary/aromatic N) is 1. The molecule has 0 aromatic heterocycles. The van der Waals surface area contributed by atoms with Crippen molar-refractivity contribution in [1.29, 1.82) is 0 Å². The molecule has 3 rings (SSSR count). The number of benzene rings is 2. The first kappa shape index (κ1) is 19.8. The van der Waals surface area contributed by atoms with Crippen LogP contribution in [-0.2, 0) is 11.2 Å². The minimum atomic E-state index is -0.250. The number of phenols is 1. The molecule has 1 saturated heterocycles. The Morgan fingerprint density at radius 1 is 1.27 bits per heavy atom. The lowest BCUT2D eigenvalue weighted by molar-refractivity contribution is -0.122. The van der Waals surface area contributed by atoms with Crippen molar-refractivity contribution in [1.82, 2.24) is 4.90 Å². The Labute approximate surface area is 157 Å². The van der Waals surface area contributed by atoms with Gasteiger partial charge in [0.1, 0.15) is 5.75 Å². The molecule has 2 aromatic carbocycles. The Balaban J connectivity index is 0.000000758. The number of phenolic OH excluding ortho intramolecular Hbond substituents is 1. The van der Waals surface area contributed by atoms with E-state index in [1.165, 1.54) is 5.56 Å². The molecule has 1 aliphatic heterocycles. The van der Waals surface area contributed by atoms with Gasteiger partial charge in [-0.3, -0.25) is 9.59 Å². The third kappa shape index (κ3) is 4.99. The second kappa shape index (κ2) is 9.25. The van der Waals surface area contributed by atoms with Crippen LogP contribution in [0.15, 0.2) is 42.5 Å². The number of halogens is 1. The summed E-state index contributed by atoms with van der Waals surface area (Å²) in [5.74, 6) is 0.468. The number of hydrogen-bond donors (Lipinski definition) is 2. The van der Waals surface area contributed by atoms with Gasteiger partial charge in [-0.1, -0.05) is 35.9 Å². The van der Waals surface area contributed by atoms with Crippen LogP contribution in [0.3, 0.4) is 0 Å². The number of carbonyl (C=O) groups excluding carboxylic acids is 1. The van der Waals surface area contributed by atoms with E-state index < -0.39 is 0 Å². The molecular weight excluding hydrogens is 354 g/mol. The number of carboxylic acid groups (broad SMARTS) is 1. The quantitative estimate of drug-likeness (QED) is 0.801. The van der Waals surface area contributed by atoms with E-state index in [2.05, 4.69) is 0 Å². The lowest BCUT2D eigenvalue weighted by Crippen LogP contribution is -2.29. The van der Waals surface area contributed by atoms with Gasteiger partial charge in [0.25, 0.3) is 12.4 Å². The normalized spacial score (nSPS) is 15.9. The van der Waals surface area contributed by atoms with E-state index in [0.29, 0.717) is 11.5 Å². The Morgan fingerprint density at radius 3 is 2.58 bits per heavy atom. The fourth-order valence-corrected chi connectivity index (χ4v) is 3.27. The molecule has 0 saturated carbocycles. The van der Waals surface area contributed by atoms with Crippen molar-refractivity contribution < 1.29 is 19.8 Å². The number of hydrogen-bond acceptors (Lipinski definition) is 3. The minimum absolute atomic E-state index is 0.0789. The first-order valence-corrected chi connectivity index (χ1v) is 8.74. The Bertz CT molecular complexity index is 761. The summed E-state index contributed by atoms with van der Waals surface area (Å²) in [5, 5.41) is 17.7. The van der Waals surface area contributed by atoms with Crippen LogP contribution in [0.1, 0.15) is 27.9 Å². The van der Waals surface area contributed by atoms with Gasteiger partial charge in [0, 0.05) is 18.1 Å². The molecule has 2 N–H and O–H groups in total. The molecule has 1 fully saturated rings. The highest BCUT2D eigenvalue weighted by atomic mass is 35.5. The molecule has 1 heterocycles. The first-order chi connectivity index (χ1) is 12.5. The molecule has 5 nitrogen and oxygen atoms in total. The van der Waals surface area contributed by atoms with Crippen LogP contribution in [0.5, 0.6) is 5.75 Å². The highest BCUT2D eigenvalue weighted by Gasteiger charge is 2.28. The van der Waals surface area contributed by atoms with Crippen molar-refractivity contribution in [3.63, 3.8) is 0 Å². The summed E-state index contributed by atoms with van der Waals surface area (Å²) in [5.41, 5.74) is 2.37. The van der Waals surface area contributed by atoms with Crippen molar-refractivity contribution in [2.45, 2.75) is 19.8 Å². The molecule has 26 heavy (non-hydrogen) atoms. The van der Waals surface area contributed by atoms with Gasteiger partial charge in [0.15, 0.2) is 0 Å². The van der Waals surface area contributed by atoms with Gasteiger partial charge in [0.2, 0.25) is 0 Å². The maximum atomic E-state index is 12.6. The van der Waals surface area contributed by atoms with E-state index in [4.69, 9.17) is 21.5 Å². The zero-order chi connectivity index (χ0) is 19.1. The van der Waals surface area contributed by atoms with E-state index >= 15 is 0 Å². The molecule has 1 atom stereocenters. The molecule has 138 valence electrons. The average Bonchev–Trinajstić information content (AvgIpc) is 3.08. The van der Waals surface area contributed by atoms with Gasteiger partial charge in [0.05, 0.1) is 5.56 Å². The summed E-state index contributed by atoms with van der Waals surface area (Å²) in [4.78, 5) is 22.8. The van der Waals surface area contributed by atoms with Crippen molar-refractivity contribution in [2.24, 2.45) is 5.92 Å². The molecule has 0 aliphatic carbocycles. The highest BCUT2D eigenvalue weighted by molar-refractivity contribution is 6.30. The number of rotatable bonds is 3. The fourth-order valence-electron chi connectivity index (χ4n) is 3.14. The van der Waals surface area contributed by atoms with Gasteiger partial charge in [-0.05, 0) is 55.0 Å². The molecule has 1 amide bonds. The Hall–Kier alpha value is -2.53. The highest BCUT2D eigenvalue weighted by Crippen LogP contribution is 2.27. The monoisotopic (exact) mass is 375 g/mol. The number of aryl methyl sites for hydroxylation is 1. The van der Waals surface area contributed by atoms with E-state index in [9.17, 15) is 9.90 Å². The lowest BCUT2D eigenvalue weighted by atomic mass is 9.99. The smallest absolute Gasteiger partial charge is 0.290 e. The molecule has 2 aromatic rings. The minimum Gasteiger partial charge on any atom is -0.507 e. The average molecular weight is 376 g/mol. The number of likely N-dealkylation sites (tertiary alicyclic amines) is 1. The maximum absolute atomic E-state index is 12.6. The van der Waals surface area contributed by atoms with Gasteiger partial charge in [-0.25, -0.2) is 0 Å². The predicted molar refractivity (Wildman–Crippen MR) is 101 cm³/mol. The van der Waals surface area contributed by atoms with Crippen LogP contribution in [-0.4, -0.2) is 40.6 Å². The van der Waals surface area contributed by atoms with Crippen LogP contribution < -0.4 is 0 Å².